The van der Waals surface area contributed by atoms with Crippen LogP contribution in [-0.4, -0.2) is 34.6 Å². The molecule has 0 N–H and O–H groups in total. The summed E-state index contributed by atoms with van der Waals surface area (Å²) in [5.74, 6) is -0.490. The van der Waals surface area contributed by atoms with Gasteiger partial charge in [-0.1, -0.05) is 20.8 Å². The summed E-state index contributed by atoms with van der Waals surface area (Å²) in [6.45, 7) is 11.2. The molecule has 1 saturated carbocycles. The maximum atomic E-state index is 15.7. The molecule has 1 aliphatic carbocycles. The van der Waals surface area contributed by atoms with Gasteiger partial charge < -0.3 is 8.99 Å². The van der Waals surface area contributed by atoms with Crippen LogP contribution in [0.1, 0.15) is 70.9 Å². The highest BCUT2D eigenvalue weighted by atomic mass is 28.4. The molecule has 2 aromatic heterocycles. The summed E-state index contributed by atoms with van der Waals surface area (Å²) in [4.78, 5) is 8.02. The van der Waals surface area contributed by atoms with Crippen molar-refractivity contribution < 1.29 is 13.2 Å². The minimum absolute atomic E-state index is 0.0798. The van der Waals surface area contributed by atoms with Crippen molar-refractivity contribution in [3.05, 3.63) is 36.3 Å². The Morgan fingerprint density at radius 2 is 1.93 bits per heavy atom. The molecule has 2 aromatic rings. The van der Waals surface area contributed by atoms with Gasteiger partial charge in [-0.15, -0.1) is 0 Å². The number of aromatic nitrogens is 3. The number of nitrogens with zero attached hydrogens (tertiary/aromatic N) is 3. The fourth-order valence-electron chi connectivity index (χ4n) is 4.61. The van der Waals surface area contributed by atoms with Crippen LogP contribution in [0.25, 0.3) is 11.3 Å². The molecule has 7 heteroatoms. The van der Waals surface area contributed by atoms with Crippen LogP contribution in [0.15, 0.2) is 24.8 Å². The van der Waals surface area contributed by atoms with Crippen molar-refractivity contribution >= 4 is 8.32 Å². The SMILES string of the molecule is CC(C)(C)[Si](C)(C)OC1CCC(F)(CCC2c3cc(F)ncc3-c3cncn32)CC1. The largest absolute Gasteiger partial charge is 0.414 e. The number of pyridine rings is 1. The van der Waals surface area contributed by atoms with Crippen LogP contribution in [0.4, 0.5) is 8.78 Å². The van der Waals surface area contributed by atoms with E-state index in [4.69, 9.17) is 4.43 Å². The van der Waals surface area contributed by atoms with Crippen molar-refractivity contribution in [2.45, 2.75) is 95.2 Å². The predicted molar refractivity (Wildman–Crippen MR) is 117 cm³/mol. The molecule has 1 atom stereocenters. The Bertz CT molecular complexity index is 913. The minimum Gasteiger partial charge on any atom is -0.414 e. The number of hydrogen-bond acceptors (Lipinski definition) is 3. The van der Waals surface area contributed by atoms with Gasteiger partial charge in [-0.2, -0.15) is 4.39 Å². The first kappa shape index (κ1) is 21.6. The van der Waals surface area contributed by atoms with Crippen LogP contribution in [0, 0.1) is 5.95 Å². The Balaban J connectivity index is 1.39. The third-order valence-electron chi connectivity index (χ3n) is 7.50. The highest BCUT2D eigenvalue weighted by molar-refractivity contribution is 6.74. The number of fused-ring (bicyclic) bond motifs is 3. The molecule has 0 radical (unpaired) electrons. The van der Waals surface area contributed by atoms with Crippen LogP contribution in [0.5, 0.6) is 0 Å². The lowest BCUT2D eigenvalue weighted by Gasteiger charge is -2.42. The van der Waals surface area contributed by atoms with E-state index in [1.165, 1.54) is 6.07 Å². The third kappa shape index (κ3) is 3.98. The second-order valence-corrected chi connectivity index (χ2v) is 15.3. The molecular formula is C23H33F2N3OSi. The van der Waals surface area contributed by atoms with E-state index < -0.39 is 19.9 Å². The Labute approximate surface area is 179 Å². The average Bonchev–Trinajstić information content (AvgIpc) is 3.22. The molecule has 0 bridgehead atoms. The topological polar surface area (TPSA) is 39.9 Å². The number of alkyl halides is 1. The maximum absolute atomic E-state index is 15.7. The Kier molecular flexibility index (Phi) is 5.42. The van der Waals surface area contributed by atoms with Crippen molar-refractivity contribution in [2.75, 3.05) is 0 Å². The maximum Gasteiger partial charge on any atom is 0.213 e. The Morgan fingerprint density at radius 1 is 1.23 bits per heavy atom. The molecular weight excluding hydrogens is 400 g/mol. The van der Waals surface area contributed by atoms with E-state index in [9.17, 15) is 4.39 Å². The monoisotopic (exact) mass is 433 g/mol. The molecule has 3 heterocycles. The van der Waals surface area contributed by atoms with Gasteiger partial charge in [0, 0.05) is 17.9 Å². The molecule has 1 fully saturated rings. The average molecular weight is 434 g/mol. The van der Waals surface area contributed by atoms with Crippen molar-refractivity contribution in [1.82, 2.24) is 14.5 Å². The van der Waals surface area contributed by atoms with E-state index in [-0.39, 0.29) is 17.2 Å². The van der Waals surface area contributed by atoms with Crippen molar-refractivity contribution in [1.29, 1.82) is 0 Å². The first-order valence-electron chi connectivity index (χ1n) is 11.0. The normalized spacial score (nSPS) is 26.5. The number of rotatable bonds is 5. The van der Waals surface area contributed by atoms with E-state index >= 15 is 4.39 Å². The van der Waals surface area contributed by atoms with E-state index in [1.807, 2.05) is 4.57 Å². The van der Waals surface area contributed by atoms with E-state index in [0.717, 1.165) is 29.7 Å². The van der Waals surface area contributed by atoms with Gasteiger partial charge in [-0.3, -0.25) is 0 Å². The van der Waals surface area contributed by atoms with Crippen LogP contribution in [0.2, 0.25) is 18.1 Å². The fraction of sp³-hybridized carbons (Fsp3) is 0.652. The molecule has 164 valence electrons. The Hall–Kier alpha value is -1.60. The van der Waals surface area contributed by atoms with Gasteiger partial charge in [-0.25, -0.2) is 14.4 Å². The van der Waals surface area contributed by atoms with E-state index in [2.05, 4.69) is 43.8 Å². The summed E-state index contributed by atoms with van der Waals surface area (Å²) < 4.78 is 38.0. The summed E-state index contributed by atoms with van der Waals surface area (Å²) in [6.07, 6.45) is 8.98. The highest BCUT2D eigenvalue weighted by Gasteiger charge is 2.43. The van der Waals surface area contributed by atoms with Crippen LogP contribution in [-0.2, 0) is 4.43 Å². The zero-order valence-corrected chi connectivity index (χ0v) is 19.7. The first-order chi connectivity index (χ1) is 14.0. The molecule has 4 rings (SSSR count). The summed E-state index contributed by atoms with van der Waals surface area (Å²) in [7, 11) is -1.83. The lowest BCUT2D eigenvalue weighted by atomic mass is 9.80. The molecule has 0 aromatic carbocycles. The van der Waals surface area contributed by atoms with Crippen LogP contribution >= 0.6 is 0 Å². The fourth-order valence-corrected chi connectivity index (χ4v) is 6.03. The Morgan fingerprint density at radius 3 is 2.60 bits per heavy atom. The van der Waals surface area contributed by atoms with Gasteiger partial charge >= 0.3 is 0 Å². The van der Waals surface area contributed by atoms with Crippen molar-refractivity contribution in [3.8, 4) is 11.3 Å². The number of imidazole rings is 1. The molecule has 4 nitrogen and oxygen atoms in total. The van der Waals surface area contributed by atoms with Gasteiger partial charge in [0.25, 0.3) is 0 Å². The zero-order valence-electron chi connectivity index (χ0n) is 18.7. The van der Waals surface area contributed by atoms with Crippen LogP contribution < -0.4 is 0 Å². The van der Waals surface area contributed by atoms with Crippen molar-refractivity contribution in [3.63, 3.8) is 0 Å². The van der Waals surface area contributed by atoms with Crippen LogP contribution in [0.3, 0.4) is 0 Å². The van der Waals surface area contributed by atoms with Gasteiger partial charge in [0.15, 0.2) is 8.32 Å². The quantitative estimate of drug-likeness (QED) is 0.402. The second-order valence-electron chi connectivity index (χ2n) is 10.6. The predicted octanol–water partition coefficient (Wildman–Crippen LogP) is 6.44. The van der Waals surface area contributed by atoms with Crippen molar-refractivity contribution in [2.24, 2.45) is 0 Å². The summed E-state index contributed by atoms with van der Waals surface area (Å²) in [5, 5.41) is 0.166. The molecule has 2 aliphatic rings. The standard InChI is InChI=1S/C23H33F2N3OSi/c1-22(2,3)30(4,5)29-16-6-9-23(25,10-7-16)11-8-19-17-12-21(24)27-13-18(17)20-14-26-15-28(19)20/h12-16,19H,6-11H2,1-5H3. The highest BCUT2D eigenvalue weighted by Crippen LogP contribution is 2.46. The van der Waals surface area contributed by atoms with E-state index in [0.29, 0.717) is 25.7 Å². The van der Waals surface area contributed by atoms with Gasteiger partial charge in [0.1, 0.15) is 5.67 Å². The second kappa shape index (κ2) is 7.52. The number of halogens is 2. The molecule has 0 saturated heterocycles. The summed E-state index contributed by atoms with van der Waals surface area (Å²) in [5.41, 5.74) is 1.54. The lowest BCUT2D eigenvalue weighted by molar-refractivity contribution is 0.0302. The number of hydrogen-bond donors (Lipinski definition) is 0. The minimum atomic E-state index is -1.83. The molecule has 0 amide bonds. The molecule has 1 unspecified atom stereocenters. The molecule has 0 spiro atoms. The lowest BCUT2D eigenvalue weighted by Crippen LogP contribution is -2.46. The van der Waals surface area contributed by atoms with E-state index in [1.54, 1.807) is 18.7 Å². The zero-order chi connectivity index (χ0) is 21.7. The van der Waals surface area contributed by atoms with Gasteiger partial charge in [0.05, 0.1) is 24.3 Å². The first-order valence-corrected chi connectivity index (χ1v) is 13.9. The molecule has 30 heavy (non-hydrogen) atoms. The smallest absolute Gasteiger partial charge is 0.213 e. The van der Waals surface area contributed by atoms with Gasteiger partial charge in [0.2, 0.25) is 5.95 Å². The molecule has 1 aliphatic heterocycles. The summed E-state index contributed by atoms with van der Waals surface area (Å²) in [6, 6.07) is 1.41. The third-order valence-corrected chi connectivity index (χ3v) is 12.0. The summed E-state index contributed by atoms with van der Waals surface area (Å²) >= 11 is 0. The van der Waals surface area contributed by atoms with Gasteiger partial charge in [-0.05, 0) is 68.3 Å².